The number of halogens is 1. The van der Waals surface area contributed by atoms with Crippen LogP contribution >= 0.6 is 15.9 Å². The SMILES string of the molecule is CN(Cc1ccccc1)S(=O)(=O)c1ccc(NCC(=O)c2ccc(Br)cc2)cc1. The monoisotopic (exact) mass is 472 g/mol. The standard InChI is InChI=1S/C22H21BrN2O3S/c1-25(16-17-5-3-2-4-6-17)29(27,28)21-13-11-20(12-14-21)24-15-22(26)18-7-9-19(23)10-8-18/h2-14,24H,15-16H2,1H3. The molecular formula is C22H21BrN2O3S. The molecule has 0 aliphatic heterocycles. The van der Waals surface area contributed by atoms with E-state index in [0.29, 0.717) is 17.8 Å². The molecule has 0 saturated heterocycles. The number of ketones is 1. The lowest BCUT2D eigenvalue weighted by Gasteiger charge is -2.17. The fourth-order valence-electron chi connectivity index (χ4n) is 2.77. The highest BCUT2D eigenvalue weighted by Gasteiger charge is 2.20. The lowest BCUT2D eigenvalue weighted by molar-refractivity contribution is 0.101. The van der Waals surface area contributed by atoms with E-state index in [4.69, 9.17) is 0 Å². The fraction of sp³-hybridized carbons (Fsp3) is 0.136. The molecule has 1 N–H and O–H groups in total. The van der Waals surface area contributed by atoms with Gasteiger partial charge in [0.25, 0.3) is 0 Å². The van der Waals surface area contributed by atoms with Crippen LogP contribution in [-0.2, 0) is 16.6 Å². The first-order valence-electron chi connectivity index (χ1n) is 8.99. The third kappa shape index (κ3) is 5.53. The van der Waals surface area contributed by atoms with E-state index in [1.807, 2.05) is 42.5 Å². The fourth-order valence-corrected chi connectivity index (χ4v) is 4.19. The summed E-state index contributed by atoms with van der Waals surface area (Å²) >= 11 is 3.34. The maximum Gasteiger partial charge on any atom is 0.243 e. The summed E-state index contributed by atoms with van der Waals surface area (Å²) in [5.74, 6) is -0.0446. The van der Waals surface area contributed by atoms with Gasteiger partial charge in [-0.05, 0) is 42.0 Å². The molecule has 3 aromatic carbocycles. The van der Waals surface area contributed by atoms with E-state index in [9.17, 15) is 13.2 Å². The second-order valence-corrected chi connectivity index (χ2v) is 9.52. The molecular weight excluding hydrogens is 452 g/mol. The van der Waals surface area contributed by atoms with Gasteiger partial charge in [0.05, 0.1) is 11.4 Å². The molecule has 0 aromatic heterocycles. The summed E-state index contributed by atoms with van der Waals surface area (Å²) in [5, 5.41) is 3.04. The summed E-state index contributed by atoms with van der Waals surface area (Å²) in [6.45, 7) is 0.423. The van der Waals surface area contributed by atoms with Gasteiger partial charge in [-0.15, -0.1) is 0 Å². The second kappa shape index (κ2) is 9.35. The third-order valence-corrected chi connectivity index (χ3v) is 6.78. The van der Waals surface area contributed by atoms with Crippen LogP contribution in [-0.4, -0.2) is 32.1 Å². The molecule has 5 nitrogen and oxygen atoms in total. The van der Waals surface area contributed by atoms with Crippen molar-refractivity contribution in [2.75, 3.05) is 18.9 Å². The maximum absolute atomic E-state index is 12.8. The van der Waals surface area contributed by atoms with Crippen molar-refractivity contribution in [1.29, 1.82) is 0 Å². The van der Waals surface area contributed by atoms with E-state index >= 15 is 0 Å². The Morgan fingerprint density at radius 1 is 0.931 bits per heavy atom. The molecule has 3 aromatic rings. The molecule has 0 unspecified atom stereocenters. The summed E-state index contributed by atoms with van der Waals surface area (Å²) in [7, 11) is -2.04. The van der Waals surface area contributed by atoms with Crippen molar-refractivity contribution in [2.24, 2.45) is 0 Å². The molecule has 0 amide bonds. The summed E-state index contributed by atoms with van der Waals surface area (Å²) in [6, 6.07) is 23.0. The number of Topliss-reactive ketones (excluding diaryl/α,β-unsaturated/α-hetero) is 1. The number of nitrogens with one attached hydrogen (secondary N) is 1. The zero-order valence-electron chi connectivity index (χ0n) is 15.9. The average molecular weight is 473 g/mol. The van der Waals surface area contributed by atoms with E-state index in [1.54, 1.807) is 43.4 Å². The van der Waals surface area contributed by atoms with Crippen molar-refractivity contribution in [3.05, 3.63) is 94.5 Å². The first-order chi connectivity index (χ1) is 13.9. The van der Waals surface area contributed by atoms with Gasteiger partial charge in [-0.2, -0.15) is 4.31 Å². The molecule has 0 aliphatic rings. The van der Waals surface area contributed by atoms with Gasteiger partial charge in [0.1, 0.15) is 0 Å². The number of anilines is 1. The number of carbonyl (C=O) groups excluding carboxylic acids is 1. The maximum atomic E-state index is 12.8. The quantitative estimate of drug-likeness (QED) is 0.487. The number of nitrogens with zero attached hydrogens (tertiary/aromatic N) is 1. The van der Waals surface area contributed by atoms with Crippen molar-refractivity contribution in [3.63, 3.8) is 0 Å². The Morgan fingerprint density at radius 3 is 2.17 bits per heavy atom. The zero-order chi connectivity index (χ0) is 20.9. The highest BCUT2D eigenvalue weighted by atomic mass is 79.9. The number of hydrogen-bond donors (Lipinski definition) is 1. The zero-order valence-corrected chi connectivity index (χ0v) is 18.3. The van der Waals surface area contributed by atoms with Crippen LogP contribution < -0.4 is 5.32 Å². The van der Waals surface area contributed by atoms with Crippen molar-refractivity contribution >= 4 is 37.4 Å². The lowest BCUT2D eigenvalue weighted by atomic mass is 10.1. The van der Waals surface area contributed by atoms with Crippen molar-refractivity contribution in [2.45, 2.75) is 11.4 Å². The van der Waals surface area contributed by atoms with E-state index in [-0.39, 0.29) is 17.2 Å². The molecule has 0 atom stereocenters. The van der Waals surface area contributed by atoms with Crippen molar-refractivity contribution in [1.82, 2.24) is 4.31 Å². The molecule has 0 spiro atoms. The smallest absolute Gasteiger partial charge is 0.243 e. The predicted octanol–water partition coefficient (Wildman–Crippen LogP) is 4.56. The Hall–Kier alpha value is -2.48. The van der Waals surface area contributed by atoms with Crippen LogP contribution in [0, 0.1) is 0 Å². The van der Waals surface area contributed by atoms with Gasteiger partial charge >= 0.3 is 0 Å². The molecule has 0 saturated carbocycles. The third-order valence-electron chi connectivity index (χ3n) is 4.43. The summed E-state index contributed by atoms with van der Waals surface area (Å²) in [5.41, 5.74) is 2.21. The van der Waals surface area contributed by atoms with Crippen LogP contribution in [0.15, 0.2) is 88.2 Å². The minimum absolute atomic E-state index is 0.0446. The summed E-state index contributed by atoms with van der Waals surface area (Å²) in [6.07, 6.45) is 0. The highest BCUT2D eigenvalue weighted by Crippen LogP contribution is 2.19. The van der Waals surface area contributed by atoms with Crippen LogP contribution in [0.4, 0.5) is 5.69 Å². The average Bonchev–Trinajstić information content (AvgIpc) is 2.73. The number of rotatable bonds is 8. The van der Waals surface area contributed by atoms with Crippen molar-refractivity contribution < 1.29 is 13.2 Å². The Kier molecular flexibility index (Phi) is 6.84. The van der Waals surface area contributed by atoms with Crippen LogP contribution in [0.5, 0.6) is 0 Å². The van der Waals surface area contributed by atoms with Gasteiger partial charge < -0.3 is 5.32 Å². The number of benzene rings is 3. The van der Waals surface area contributed by atoms with Gasteiger partial charge in [0.2, 0.25) is 10.0 Å². The van der Waals surface area contributed by atoms with Crippen LogP contribution in [0.1, 0.15) is 15.9 Å². The Morgan fingerprint density at radius 2 is 1.55 bits per heavy atom. The van der Waals surface area contributed by atoms with E-state index < -0.39 is 10.0 Å². The van der Waals surface area contributed by atoms with Gasteiger partial charge in [-0.3, -0.25) is 4.79 Å². The number of hydrogen-bond acceptors (Lipinski definition) is 4. The molecule has 7 heteroatoms. The van der Waals surface area contributed by atoms with Crippen molar-refractivity contribution in [3.8, 4) is 0 Å². The van der Waals surface area contributed by atoms with Gasteiger partial charge in [0, 0.05) is 29.3 Å². The van der Waals surface area contributed by atoms with Crippen LogP contribution in [0.3, 0.4) is 0 Å². The van der Waals surface area contributed by atoms with Gasteiger partial charge in [0.15, 0.2) is 5.78 Å². The Labute approximate surface area is 179 Å². The molecule has 29 heavy (non-hydrogen) atoms. The molecule has 0 aliphatic carbocycles. The predicted molar refractivity (Wildman–Crippen MR) is 118 cm³/mol. The first-order valence-corrected chi connectivity index (χ1v) is 11.2. The lowest BCUT2D eigenvalue weighted by Crippen LogP contribution is -2.26. The Balaban J connectivity index is 1.62. The van der Waals surface area contributed by atoms with Gasteiger partial charge in [-0.1, -0.05) is 58.4 Å². The minimum Gasteiger partial charge on any atom is -0.378 e. The highest BCUT2D eigenvalue weighted by molar-refractivity contribution is 9.10. The molecule has 0 fully saturated rings. The van der Waals surface area contributed by atoms with E-state index in [1.165, 1.54) is 4.31 Å². The molecule has 0 bridgehead atoms. The molecule has 3 rings (SSSR count). The van der Waals surface area contributed by atoms with Crippen LogP contribution in [0.2, 0.25) is 0 Å². The topological polar surface area (TPSA) is 66.5 Å². The number of carbonyl (C=O) groups is 1. The van der Waals surface area contributed by atoms with E-state index in [0.717, 1.165) is 10.0 Å². The van der Waals surface area contributed by atoms with Gasteiger partial charge in [-0.25, -0.2) is 8.42 Å². The minimum atomic E-state index is -3.60. The first kappa shape index (κ1) is 21.2. The largest absolute Gasteiger partial charge is 0.378 e. The normalized spacial score (nSPS) is 11.4. The molecule has 0 heterocycles. The molecule has 0 radical (unpaired) electrons. The molecule has 150 valence electrons. The van der Waals surface area contributed by atoms with Crippen LogP contribution in [0.25, 0.3) is 0 Å². The summed E-state index contributed by atoms with van der Waals surface area (Å²) in [4.78, 5) is 12.4. The number of sulfonamides is 1. The summed E-state index contributed by atoms with van der Waals surface area (Å²) < 4.78 is 27.8. The Bertz CT molecular complexity index is 1070. The van der Waals surface area contributed by atoms with E-state index in [2.05, 4.69) is 21.2 Å². The second-order valence-electron chi connectivity index (χ2n) is 6.55.